The molecule has 0 aliphatic carbocycles. The predicted molar refractivity (Wildman–Crippen MR) is 110 cm³/mol. The van der Waals surface area contributed by atoms with Crippen molar-refractivity contribution in [2.24, 2.45) is 0 Å². The van der Waals surface area contributed by atoms with Gasteiger partial charge in [0.2, 0.25) is 0 Å². The van der Waals surface area contributed by atoms with Crippen LogP contribution in [0.1, 0.15) is 5.56 Å². The fourth-order valence-electron chi connectivity index (χ4n) is 3.57. The Bertz CT molecular complexity index is 1070. The Hall–Kier alpha value is -2.82. The zero-order valence-corrected chi connectivity index (χ0v) is 16.8. The summed E-state index contributed by atoms with van der Waals surface area (Å²) in [6.07, 6.45) is -4.35. The van der Waals surface area contributed by atoms with Crippen molar-refractivity contribution in [2.75, 3.05) is 44.3 Å². The molecule has 0 radical (unpaired) electrons. The van der Waals surface area contributed by atoms with Gasteiger partial charge in [0.25, 0.3) is 0 Å². The van der Waals surface area contributed by atoms with Crippen molar-refractivity contribution in [1.29, 1.82) is 0 Å². The Balaban J connectivity index is 1.20. The highest BCUT2D eigenvalue weighted by Crippen LogP contribution is 2.31. The maximum atomic E-state index is 12.9. The number of nitrogens with one attached hydrogen (secondary N) is 1. The number of aromatic amines is 1. The lowest BCUT2D eigenvalue weighted by Gasteiger charge is -2.35. The van der Waals surface area contributed by atoms with Gasteiger partial charge in [0.1, 0.15) is 6.73 Å². The molecule has 7 nitrogen and oxygen atoms in total. The van der Waals surface area contributed by atoms with Crippen LogP contribution in [0.4, 0.5) is 18.9 Å². The summed E-state index contributed by atoms with van der Waals surface area (Å²) in [5.74, 6) is 0. The third-order valence-electron chi connectivity index (χ3n) is 5.18. The minimum absolute atomic E-state index is 0.121. The summed E-state index contributed by atoms with van der Waals surface area (Å²) in [5, 5.41) is 1.78. The first-order chi connectivity index (χ1) is 14.9. The van der Waals surface area contributed by atoms with E-state index in [9.17, 15) is 18.0 Å². The standard InChI is InChI=1S/C21H23F3N4O3/c22-21(23,24)16-4-3-5-17(14-16)26-8-10-27(11-9-26)31-13-12-30-15-28-19-7-2-1-6-18(19)25-20(28)29/h1-7,14H,8-13,15H2,(H,25,29). The normalized spacial score (nSPS) is 15.6. The van der Waals surface area contributed by atoms with Crippen molar-refractivity contribution in [1.82, 2.24) is 14.6 Å². The fraction of sp³-hybridized carbons (Fsp3) is 0.381. The molecule has 4 rings (SSSR count). The molecule has 0 unspecified atom stereocenters. The first-order valence-electron chi connectivity index (χ1n) is 9.97. The lowest BCUT2D eigenvalue weighted by Crippen LogP contribution is -2.46. The molecule has 10 heteroatoms. The lowest BCUT2D eigenvalue weighted by atomic mass is 10.1. The first-order valence-corrected chi connectivity index (χ1v) is 9.97. The maximum absolute atomic E-state index is 12.9. The molecule has 2 aromatic carbocycles. The van der Waals surface area contributed by atoms with Crippen LogP contribution in [-0.2, 0) is 22.5 Å². The van der Waals surface area contributed by atoms with E-state index in [1.54, 1.807) is 11.1 Å². The number of alkyl halides is 3. The van der Waals surface area contributed by atoms with Crippen molar-refractivity contribution in [3.05, 3.63) is 64.6 Å². The number of hydrogen-bond acceptors (Lipinski definition) is 5. The largest absolute Gasteiger partial charge is 0.416 e. The molecular formula is C21H23F3N4O3. The summed E-state index contributed by atoms with van der Waals surface area (Å²) in [6, 6.07) is 12.7. The van der Waals surface area contributed by atoms with Crippen molar-refractivity contribution in [2.45, 2.75) is 12.9 Å². The van der Waals surface area contributed by atoms with Crippen LogP contribution in [0.25, 0.3) is 11.0 Å². The third-order valence-corrected chi connectivity index (χ3v) is 5.18. The van der Waals surface area contributed by atoms with Crippen LogP contribution >= 0.6 is 0 Å². The molecule has 166 valence electrons. The predicted octanol–water partition coefficient (Wildman–Crippen LogP) is 3.08. The van der Waals surface area contributed by atoms with Crippen LogP contribution in [0.3, 0.4) is 0 Å². The summed E-state index contributed by atoms with van der Waals surface area (Å²) in [4.78, 5) is 22.4. The smallest absolute Gasteiger partial charge is 0.369 e. The highest BCUT2D eigenvalue weighted by Gasteiger charge is 2.31. The monoisotopic (exact) mass is 436 g/mol. The molecule has 1 fully saturated rings. The molecule has 1 aliphatic rings. The second kappa shape index (κ2) is 9.13. The highest BCUT2D eigenvalue weighted by molar-refractivity contribution is 5.74. The number of para-hydroxylation sites is 2. The zero-order valence-electron chi connectivity index (χ0n) is 16.8. The second-order valence-electron chi connectivity index (χ2n) is 7.21. The minimum Gasteiger partial charge on any atom is -0.369 e. The number of aromatic nitrogens is 2. The summed E-state index contributed by atoms with van der Waals surface area (Å²) in [5.41, 5.74) is 1.22. The van der Waals surface area contributed by atoms with Gasteiger partial charge in [-0.25, -0.2) is 4.79 Å². The van der Waals surface area contributed by atoms with Crippen molar-refractivity contribution >= 4 is 16.7 Å². The Labute approximate surface area is 176 Å². The van der Waals surface area contributed by atoms with Gasteiger partial charge < -0.3 is 14.6 Å². The van der Waals surface area contributed by atoms with Crippen LogP contribution in [0.2, 0.25) is 0 Å². The van der Waals surface area contributed by atoms with E-state index < -0.39 is 11.7 Å². The molecule has 2 heterocycles. The van der Waals surface area contributed by atoms with Gasteiger partial charge >= 0.3 is 11.9 Å². The summed E-state index contributed by atoms with van der Waals surface area (Å²) in [6.45, 7) is 3.01. The number of benzene rings is 2. The highest BCUT2D eigenvalue weighted by atomic mass is 19.4. The number of anilines is 1. The Morgan fingerprint density at radius 2 is 1.74 bits per heavy atom. The molecule has 1 aromatic heterocycles. The number of H-pyrrole nitrogens is 1. The number of imidazole rings is 1. The van der Waals surface area contributed by atoms with E-state index in [2.05, 4.69) is 4.98 Å². The molecule has 0 amide bonds. The number of hydroxylamine groups is 2. The molecule has 0 bridgehead atoms. The van der Waals surface area contributed by atoms with E-state index in [1.807, 2.05) is 29.2 Å². The summed E-state index contributed by atoms with van der Waals surface area (Å²) < 4.78 is 45.8. The Morgan fingerprint density at radius 3 is 2.52 bits per heavy atom. The van der Waals surface area contributed by atoms with Crippen molar-refractivity contribution in [3.63, 3.8) is 0 Å². The van der Waals surface area contributed by atoms with E-state index in [1.165, 1.54) is 16.7 Å². The maximum Gasteiger partial charge on any atom is 0.416 e. The first kappa shape index (κ1) is 21.4. The van der Waals surface area contributed by atoms with E-state index in [4.69, 9.17) is 9.57 Å². The van der Waals surface area contributed by atoms with Crippen molar-refractivity contribution < 1.29 is 22.7 Å². The van der Waals surface area contributed by atoms with Crippen LogP contribution in [-0.4, -0.2) is 54.0 Å². The van der Waals surface area contributed by atoms with E-state index in [0.29, 0.717) is 45.1 Å². The SMILES string of the molecule is O=c1[nH]c2ccccc2n1COCCON1CCN(c2cccc(C(F)(F)F)c2)CC1. The number of rotatable bonds is 7. The van der Waals surface area contributed by atoms with Crippen LogP contribution in [0.5, 0.6) is 0 Å². The summed E-state index contributed by atoms with van der Waals surface area (Å²) in [7, 11) is 0. The fourth-order valence-corrected chi connectivity index (χ4v) is 3.57. The topological polar surface area (TPSA) is 62.7 Å². The van der Waals surface area contributed by atoms with Crippen LogP contribution in [0, 0.1) is 0 Å². The van der Waals surface area contributed by atoms with Gasteiger partial charge in [-0.2, -0.15) is 18.2 Å². The van der Waals surface area contributed by atoms with Crippen LogP contribution < -0.4 is 10.6 Å². The van der Waals surface area contributed by atoms with Gasteiger partial charge in [-0.15, -0.1) is 0 Å². The molecule has 0 spiro atoms. The van der Waals surface area contributed by atoms with Gasteiger partial charge in [0.05, 0.1) is 29.8 Å². The quantitative estimate of drug-likeness (QED) is 0.577. The number of fused-ring (bicyclic) bond motifs is 1. The third kappa shape index (κ3) is 5.09. The summed E-state index contributed by atoms with van der Waals surface area (Å²) >= 11 is 0. The van der Waals surface area contributed by atoms with E-state index in [-0.39, 0.29) is 12.4 Å². The second-order valence-corrected chi connectivity index (χ2v) is 7.21. The average molecular weight is 436 g/mol. The van der Waals surface area contributed by atoms with Crippen molar-refractivity contribution in [3.8, 4) is 0 Å². The zero-order chi connectivity index (χ0) is 21.8. The van der Waals surface area contributed by atoms with Gasteiger partial charge in [0, 0.05) is 31.9 Å². The van der Waals surface area contributed by atoms with Crippen LogP contribution in [0.15, 0.2) is 53.3 Å². The molecule has 1 saturated heterocycles. The molecular weight excluding hydrogens is 413 g/mol. The minimum atomic E-state index is -4.35. The number of nitrogens with zero attached hydrogens (tertiary/aromatic N) is 3. The Kier molecular flexibility index (Phi) is 6.30. The van der Waals surface area contributed by atoms with Gasteiger partial charge in [-0.05, 0) is 30.3 Å². The van der Waals surface area contributed by atoms with Gasteiger partial charge in [-0.1, -0.05) is 18.2 Å². The Morgan fingerprint density at radius 1 is 0.968 bits per heavy atom. The van der Waals surface area contributed by atoms with E-state index in [0.717, 1.165) is 17.1 Å². The molecule has 1 aliphatic heterocycles. The lowest BCUT2D eigenvalue weighted by molar-refractivity contribution is -0.174. The molecule has 31 heavy (non-hydrogen) atoms. The molecule has 0 atom stereocenters. The molecule has 1 N–H and O–H groups in total. The van der Waals surface area contributed by atoms with E-state index >= 15 is 0 Å². The molecule has 3 aromatic rings. The number of piperazine rings is 1. The molecule has 0 saturated carbocycles. The average Bonchev–Trinajstić information content (AvgIpc) is 3.08. The van der Waals surface area contributed by atoms with Gasteiger partial charge in [-0.3, -0.25) is 9.40 Å². The number of ether oxygens (including phenoxy) is 1. The van der Waals surface area contributed by atoms with Gasteiger partial charge in [0.15, 0.2) is 0 Å². The number of hydrogen-bond donors (Lipinski definition) is 1. The number of halogens is 3.